The van der Waals surface area contributed by atoms with Crippen LogP contribution in [0.5, 0.6) is 17.2 Å². The number of hydrogen-bond donors (Lipinski definition) is 2. The zero-order valence-electron chi connectivity index (χ0n) is 20.4. The van der Waals surface area contributed by atoms with Crippen molar-refractivity contribution in [2.45, 2.75) is 31.8 Å². The Kier molecular flexibility index (Phi) is 6.46. The molecule has 2 aromatic rings. The number of carboxylic acids is 1. The van der Waals surface area contributed by atoms with Gasteiger partial charge in [-0.15, -0.1) is 0 Å². The number of carbonyl (C=O) groups excluding carboxylic acids is 2. The van der Waals surface area contributed by atoms with E-state index in [9.17, 15) is 19.5 Å². The minimum absolute atomic E-state index is 0.0494. The topological polar surface area (TPSA) is 114 Å². The first-order chi connectivity index (χ1) is 16.7. The van der Waals surface area contributed by atoms with Gasteiger partial charge in [0.1, 0.15) is 11.3 Å². The summed E-state index contributed by atoms with van der Waals surface area (Å²) in [6.07, 6.45) is 0.173. The molecule has 2 aliphatic heterocycles. The quantitative estimate of drug-likeness (QED) is 0.552. The molecule has 0 spiro atoms. The number of ether oxygens (including phenoxy) is 3. The summed E-state index contributed by atoms with van der Waals surface area (Å²) in [5.74, 6) is -2.96. The number of anilines is 1. The molecule has 0 unspecified atom stereocenters. The van der Waals surface area contributed by atoms with Crippen LogP contribution in [0.25, 0.3) is 0 Å². The van der Waals surface area contributed by atoms with E-state index in [1.54, 1.807) is 42.5 Å². The highest BCUT2D eigenvalue weighted by atomic mass is 16.5. The van der Waals surface area contributed by atoms with Gasteiger partial charge in [-0.25, -0.2) is 4.90 Å². The van der Waals surface area contributed by atoms with E-state index in [0.717, 1.165) is 4.90 Å². The zero-order valence-corrected chi connectivity index (χ0v) is 20.4. The lowest BCUT2D eigenvalue weighted by atomic mass is 9.75. The lowest BCUT2D eigenvalue weighted by Gasteiger charge is -2.32. The summed E-state index contributed by atoms with van der Waals surface area (Å²) in [5.41, 5.74) is -0.693. The average molecular weight is 483 g/mol. The number of imide groups is 1. The van der Waals surface area contributed by atoms with Gasteiger partial charge in [-0.3, -0.25) is 19.7 Å². The van der Waals surface area contributed by atoms with Crippen LogP contribution in [-0.2, 0) is 14.4 Å². The van der Waals surface area contributed by atoms with Gasteiger partial charge in [-0.05, 0) is 42.2 Å². The summed E-state index contributed by atoms with van der Waals surface area (Å²) in [7, 11) is 4.48. The van der Waals surface area contributed by atoms with E-state index in [2.05, 4.69) is 5.32 Å². The molecule has 4 atom stereocenters. The summed E-state index contributed by atoms with van der Waals surface area (Å²) in [6.45, 7) is 3.79. The Morgan fingerprint density at radius 2 is 1.66 bits per heavy atom. The van der Waals surface area contributed by atoms with Gasteiger partial charge in [0.15, 0.2) is 11.5 Å². The van der Waals surface area contributed by atoms with E-state index in [0.29, 0.717) is 28.5 Å². The number of para-hydroxylation sites is 2. The third-order valence-corrected chi connectivity index (χ3v) is 6.86. The Balaban J connectivity index is 1.89. The van der Waals surface area contributed by atoms with Crippen LogP contribution >= 0.6 is 0 Å². The molecule has 9 nitrogen and oxygen atoms in total. The molecule has 2 aliphatic rings. The number of rotatable bonds is 8. The minimum atomic E-state index is -1.62. The summed E-state index contributed by atoms with van der Waals surface area (Å²) in [6, 6.07) is 11.2. The van der Waals surface area contributed by atoms with Gasteiger partial charge < -0.3 is 19.3 Å². The predicted octanol–water partition coefficient (Wildman–Crippen LogP) is 3.03. The number of aliphatic carboxylic acids is 1. The lowest BCUT2D eigenvalue weighted by Crippen LogP contribution is -2.56. The largest absolute Gasteiger partial charge is 0.495 e. The van der Waals surface area contributed by atoms with Gasteiger partial charge in [0, 0.05) is 6.04 Å². The molecule has 0 aromatic heterocycles. The molecule has 2 heterocycles. The zero-order chi connectivity index (χ0) is 25.5. The van der Waals surface area contributed by atoms with Crippen molar-refractivity contribution >= 4 is 23.5 Å². The fourth-order valence-electron chi connectivity index (χ4n) is 5.50. The molecule has 0 radical (unpaired) electrons. The molecule has 0 bridgehead atoms. The molecule has 4 rings (SSSR count). The molecule has 0 saturated carbocycles. The smallest absolute Gasteiger partial charge is 0.324 e. The number of methoxy groups -OCH3 is 3. The Hall–Kier alpha value is -3.59. The molecule has 35 heavy (non-hydrogen) atoms. The molecule has 186 valence electrons. The van der Waals surface area contributed by atoms with E-state index in [1.807, 2.05) is 13.8 Å². The van der Waals surface area contributed by atoms with Crippen LogP contribution in [0.3, 0.4) is 0 Å². The fraction of sp³-hybridized carbons (Fsp3) is 0.423. The number of nitrogens with one attached hydrogen (secondary N) is 1. The Bertz CT molecular complexity index is 1160. The van der Waals surface area contributed by atoms with Crippen molar-refractivity contribution in [3.63, 3.8) is 0 Å². The highest BCUT2D eigenvalue weighted by Gasteiger charge is 2.68. The van der Waals surface area contributed by atoms with Gasteiger partial charge in [-0.1, -0.05) is 32.0 Å². The Labute approximate surface area is 204 Å². The molecule has 2 saturated heterocycles. The molecule has 2 amide bonds. The van der Waals surface area contributed by atoms with Gasteiger partial charge in [0.2, 0.25) is 11.8 Å². The Morgan fingerprint density at radius 3 is 2.26 bits per heavy atom. The van der Waals surface area contributed by atoms with Crippen LogP contribution < -0.4 is 24.4 Å². The van der Waals surface area contributed by atoms with Crippen LogP contribution in [0.1, 0.15) is 31.9 Å². The van der Waals surface area contributed by atoms with Crippen molar-refractivity contribution < 1.29 is 33.7 Å². The second-order valence-corrected chi connectivity index (χ2v) is 9.30. The summed E-state index contributed by atoms with van der Waals surface area (Å²) in [5, 5.41) is 13.7. The number of carbonyl (C=O) groups is 3. The molecule has 0 aliphatic carbocycles. The maximum absolute atomic E-state index is 13.9. The number of amides is 2. The monoisotopic (exact) mass is 482 g/mol. The van der Waals surface area contributed by atoms with Crippen molar-refractivity contribution in [2.24, 2.45) is 17.8 Å². The number of benzene rings is 2. The van der Waals surface area contributed by atoms with E-state index < -0.39 is 41.2 Å². The normalized spacial score (nSPS) is 25.7. The maximum atomic E-state index is 13.9. The van der Waals surface area contributed by atoms with E-state index in [-0.39, 0.29) is 12.3 Å². The number of nitrogens with zero attached hydrogens (tertiary/aromatic N) is 1. The molecule has 2 fully saturated rings. The number of hydrogen-bond acceptors (Lipinski definition) is 7. The van der Waals surface area contributed by atoms with Crippen LogP contribution in [0.15, 0.2) is 42.5 Å². The van der Waals surface area contributed by atoms with Crippen molar-refractivity contribution in [2.75, 3.05) is 26.2 Å². The van der Waals surface area contributed by atoms with Gasteiger partial charge >= 0.3 is 5.97 Å². The van der Waals surface area contributed by atoms with E-state index >= 15 is 0 Å². The standard InChI is InChI=1S/C26H30N2O7/c1-14(2)13-26(25(31)32)21-20(22(27-26)15-10-11-18(34-4)19(12-15)35-5)23(29)28(24(21)30)16-8-6-7-9-17(16)33-3/h6-12,14,20-22,27H,13H2,1-5H3,(H,31,32)/t20-,21+,22-,26-/m0/s1. The summed E-state index contributed by atoms with van der Waals surface area (Å²) >= 11 is 0. The highest BCUT2D eigenvalue weighted by molar-refractivity contribution is 6.24. The molecule has 9 heteroatoms. The first-order valence-corrected chi connectivity index (χ1v) is 11.4. The van der Waals surface area contributed by atoms with E-state index in [4.69, 9.17) is 14.2 Å². The van der Waals surface area contributed by atoms with Crippen molar-refractivity contribution in [1.29, 1.82) is 0 Å². The average Bonchev–Trinajstić information content (AvgIpc) is 3.32. The van der Waals surface area contributed by atoms with Gasteiger partial charge in [0.25, 0.3) is 0 Å². The predicted molar refractivity (Wildman–Crippen MR) is 128 cm³/mol. The minimum Gasteiger partial charge on any atom is -0.495 e. The summed E-state index contributed by atoms with van der Waals surface area (Å²) < 4.78 is 16.2. The van der Waals surface area contributed by atoms with E-state index in [1.165, 1.54) is 21.3 Å². The number of fused-ring (bicyclic) bond motifs is 1. The highest BCUT2D eigenvalue weighted by Crippen LogP contribution is 2.53. The third-order valence-electron chi connectivity index (χ3n) is 6.86. The molecular weight excluding hydrogens is 452 g/mol. The van der Waals surface area contributed by atoms with Gasteiger partial charge in [-0.2, -0.15) is 0 Å². The summed E-state index contributed by atoms with van der Waals surface area (Å²) in [4.78, 5) is 41.6. The SMILES string of the molecule is COc1ccc([C@@H]2N[C@](CC(C)C)(C(=O)O)[C@H]3C(=O)N(c4ccccc4OC)C(=O)[C@H]23)cc1OC. The second-order valence-electron chi connectivity index (χ2n) is 9.30. The lowest BCUT2D eigenvalue weighted by molar-refractivity contribution is -0.149. The molecule has 2 aromatic carbocycles. The van der Waals surface area contributed by atoms with Crippen molar-refractivity contribution in [3.8, 4) is 17.2 Å². The third kappa shape index (κ3) is 3.80. The molecular formula is C26H30N2O7. The first kappa shape index (κ1) is 24.5. The van der Waals surface area contributed by atoms with Crippen LogP contribution in [0.2, 0.25) is 0 Å². The maximum Gasteiger partial charge on any atom is 0.324 e. The van der Waals surface area contributed by atoms with Gasteiger partial charge in [0.05, 0.1) is 38.9 Å². The van der Waals surface area contributed by atoms with Crippen molar-refractivity contribution in [3.05, 3.63) is 48.0 Å². The molecule has 2 N–H and O–H groups in total. The van der Waals surface area contributed by atoms with Crippen LogP contribution in [0.4, 0.5) is 5.69 Å². The first-order valence-electron chi connectivity index (χ1n) is 11.4. The fourth-order valence-corrected chi connectivity index (χ4v) is 5.50. The number of carboxylic acid groups (broad SMARTS) is 1. The van der Waals surface area contributed by atoms with Crippen molar-refractivity contribution in [1.82, 2.24) is 5.32 Å². The second kappa shape index (κ2) is 9.22. The Morgan fingerprint density at radius 1 is 1.00 bits per heavy atom. The van der Waals surface area contributed by atoms with Crippen LogP contribution in [0, 0.1) is 17.8 Å². The van der Waals surface area contributed by atoms with Crippen LogP contribution in [-0.4, -0.2) is 49.8 Å².